The quantitative estimate of drug-likeness (QED) is 0.453. The van der Waals surface area contributed by atoms with Crippen LogP contribution in [0.2, 0.25) is 5.02 Å². The van der Waals surface area contributed by atoms with E-state index in [4.69, 9.17) is 11.6 Å². The molecule has 0 amide bonds. The lowest BCUT2D eigenvalue weighted by Gasteiger charge is -2.25. The molecule has 2 aromatic carbocycles. The Morgan fingerprint density at radius 2 is 1.85 bits per heavy atom. The van der Waals surface area contributed by atoms with Crippen molar-refractivity contribution < 1.29 is 23.4 Å². The van der Waals surface area contributed by atoms with E-state index in [1.54, 1.807) is 18.2 Å². The van der Waals surface area contributed by atoms with Gasteiger partial charge in [-0.25, -0.2) is 9.97 Å². The van der Waals surface area contributed by atoms with Gasteiger partial charge in [-0.2, -0.15) is 13.2 Å². The Bertz CT molecular complexity index is 1130. The Morgan fingerprint density at radius 1 is 1.06 bits per heavy atom. The number of hydrogen-bond acceptors (Lipinski definition) is 5. The summed E-state index contributed by atoms with van der Waals surface area (Å²) in [5.41, 5.74) is 1.15. The second-order valence-electron chi connectivity index (χ2n) is 8.58. The fourth-order valence-electron chi connectivity index (χ4n) is 4.60. The van der Waals surface area contributed by atoms with Crippen LogP contribution in [0.1, 0.15) is 23.2 Å². The fraction of sp³-hybridized carbons (Fsp3) is 0.360. The minimum Gasteiger partial charge on any atom is -0.396 e. The van der Waals surface area contributed by atoms with Crippen molar-refractivity contribution >= 4 is 11.6 Å². The van der Waals surface area contributed by atoms with Crippen molar-refractivity contribution in [2.45, 2.75) is 37.7 Å². The number of hydrogen-bond donors (Lipinski definition) is 3. The molecule has 3 aromatic rings. The summed E-state index contributed by atoms with van der Waals surface area (Å²) in [4.78, 5) is 8.66. The normalized spacial score (nSPS) is 22.8. The summed E-state index contributed by atoms with van der Waals surface area (Å²) < 4.78 is 39.3. The Labute approximate surface area is 200 Å². The lowest BCUT2D eigenvalue weighted by Crippen LogP contribution is -2.36. The summed E-state index contributed by atoms with van der Waals surface area (Å²) in [5.74, 6) is -0.265. The van der Waals surface area contributed by atoms with Crippen molar-refractivity contribution in [2.75, 3.05) is 6.61 Å². The van der Waals surface area contributed by atoms with E-state index >= 15 is 0 Å². The summed E-state index contributed by atoms with van der Waals surface area (Å²) in [6.45, 7) is 0.374. The summed E-state index contributed by atoms with van der Waals surface area (Å²) in [6, 6.07) is 14.0. The molecule has 0 bridgehead atoms. The SMILES string of the molecule is OCC1C(O)CC(NCc2cccc(Cl)c2)C1Cc1ccnc(-c2cccc(C(F)(F)F)c2)n1. The monoisotopic (exact) mass is 491 g/mol. The maximum Gasteiger partial charge on any atom is 0.416 e. The molecular formula is C25H25ClF3N3O2. The first kappa shape index (κ1) is 24.6. The first-order valence-corrected chi connectivity index (χ1v) is 11.4. The van der Waals surface area contributed by atoms with E-state index in [0.29, 0.717) is 30.1 Å². The van der Waals surface area contributed by atoms with Crippen molar-refractivity contribution in [3.8, 4) is 11.4 Å². The first-order valence-electron chi connectivity index (χ1n) is 11.0. The zero-order chi connectivity index (χ0) is 24.3. The highest BCUT2D eigenvalue weighted by Gasteiger charge is 2.42. The van der Waals surface area contributed by atoms with Gasteiger partial charge in [0, 0.05) is 47.6 Å². The molecule has 1 fully saturated rings. The molecule has 1 saturated carbocycles. The van der Waals surface area contributed by atoms with Gasteiger partial charge in [0.15, 0.2) is 5.82 Å². The third-order valence-electron chi connectivity index (χ3n) is 6.33. The molecular weight excluding hydrogens is 467 g/mol. The van der Waals surface area contributed by atoms with E-state index in [2.05, 4.69) is 15.3 Å². The van der Waals surface area contributed by atoms with Crippen molar-refractivity contribution in [3.63, 3.8) is 0 Å². The molecule has 0 spiro atoms. The van der Waals surface area contributed by atoms with E-state index in [9.17, 15) is 23.4 Å². The van der Waals surface area contributed by atoms with Crippen molar-refractivity contribution in [2.24, 2.45) is 11.8 Å². The number of aromatic nitrogens is 2. The molecule has 0 saturated heterocycles. The standard InChI is InChI=1S/C25H25ClF3N3O2/c26-18-6-1-3-15(9-18)13-31-22-12-23(34)21(14-33)20(22)11-19-7-8-30-24(32-19)16-4-2-5-17(10-16)25(27,28)29/h1-10,20-23,31,33-34H,11-14H2. The molecule has 4 unspecified atom stereocenters. The Balaban J connectivity index is 1.53. The molecule has 9 heteroatoms. The van der Waals surface area contributed by atoms with Gasteiger partial charge in [-0.3, -0.25) is 0 Å². The Hall–Kier alpha value is -2.52. The maximum atomic E-state index is 13.1. The first-order chi connectivity index (χ1) is 16.2. The van der Waals surface area contributed by atoms with E-state index in [-0.39, 0.29) is 35.9 Å². The molecule has 180 valence electrons. The largest absolute Gasteiger partial charge is 0.416 e. The molecule has 1 heterocycles. The van der Waals surface area contributed by atoms with Gasteiger partial charge < -0.3 is 15.5 Å². The second-order valence-corrected chi connectivity index (χ2v) is 9.02. The number of nitrogens with one attached hydrogen (secondary N) is 1. The smallest absolute Gasteiger partial charge is 0.396 e. The van der Waals surface area contributed by atoms with Crippen LogP contribution in [-0.4, -0.2) is 38.9 Å². The van der Waals surface area contributed by atoms with Gasteiger partial charge in [-0.05, 0) is 54.7 Å². The van der Waals surface area contributed by atoms with Crippen molar-refractivity contribution in [3.05, 3.63) is 82.6 Å². The van der Waals surface area contributed by atoms with E-state index in [1.165, 1.54) is 12.3 Å². The van der Waals surface area contributed by atoms with Crippen LogP contribution in [0.5, 0.6) is 0 Å². The van der Waals surface area contributed by atoms with Gasteiger partial charge >= 0.3 is 6.18 Å². The third kappa shape index (κ3) is 5.75. The predicted molar refractivity (Wildman–Crippen MR) is 123 cm³/mol. The topological polar surface area (TPSA) is 78.3 Å². The molecule has 3 N–H and O–H groups in total. The number of aliphatic hydroxyl groups excluding tert-OH is 2. The van der Waals surface area contributed by atoms with Crippen LogP contribution in [0.25, 0.3) is 11.4 Å². The van der Waals surface area contributed by atoms with Crippen LogP contribution in [0.3, 0.4) is 0 Å². The Morgan fingerprint density at radius 3 is 2.59 bits per heavy atom. The van der Waals surface area contributed by atoms with E-state index in [0.717, 1.165) is 17.7 Å². The van der Waals surface area contributed by atoms with Crippen LogP contribution in [0, 0.1) is 11.8 Å². The summed E-state index contributed by atoms with van der Waals surface area (Å²) in [6.07, 6.45) is -2.70. The lowest BCUT2D eigenvalue weighted by molar-refractivity contribution is -0.137. The number of rotatable bonds is 7. The minimum atomic E-state index is -4.45. The number of halogens is 4. The van der Waals surface area contributed by atoms with Crippen molar-refractivity contribution in [1.82, 2.24) is 15.3 Å². The number of benzene rings is 2. The third-order valence-corrected chi connectivity index (χ3v) is 6.57. The average molecular weight is 492 g/mol. The second kappa shape index (κ2) is 10.4. The zero-order valence-electron chi connectivity index (χ0n) is 18.2. The predicted octanol–water partition coefficient (Wildman–Crippen LogP) is 4.51. The van der Waals surface area contributed by atoms with Gasteiger partial charge in [0.25, 0.3) is 0 Å². The molecule has 4 rings (SSSR count). The van der Waals surface area contributed by atoms with Gasteiger partial charge in [0.2, 0.25) is 0 Å². The van der Waals surface area contributed by atoms with Crippen LogP contribution in [0.15, 0.2) is 60.8 Å². The van der Waals surface area contributed by atoms with Crippen LogP contribution < -0.4 is 5.32 Å². The lowest BCUT2D eigenvalue weighted by atomic mass is 9.88. The molecule has 5 nitrogen and oxygen atoms in total. The summed E-state index contributed by atoms with van der Waals surface area (Å²) in [7, 11) is 0. The summed E-state index contributed by atoms with van der Waals surface area (Å²) in [5, 5.41) is 24.5. The van der Waals surface area contributed by atoms with Crippen molar-refractivity contribution in [1.29, 1.82) is 0 Å². The molecule has 4 atom stereocenters. The number of alkyl halides is 3. The highest BCUT2D eigenvalue weighted by molar-refractivity contribution is 6.30. The molecule has 1 aromatic heterocycles. The average Bonchev–Trinajstić information content (AvgIpc) is 3.11. The molecule has 1 aliphatic carbocycles. The van der Waals surface area contributed by atoms with Gasteiger partial charge in [0.05, 0.1) is 11.7 Å². The van der Waals surface area contributed by atoms with Gasteiger partial charge in [-0.15, -0.1) is 0 Å². The van der Waals surface area contributed by atoms with Crippen LogP contribution in [-0.2, 0) is 19.1 Å². The zero-order valence-corrected chi connectivity index (χ0v) is 19.0. The molecule has 34 heavy (non-hydrogen) atoms. The maximum absolute atomic E-state index is 13.1. The molecule has 0 aliphatic heterocycles. The summed E-state index contributed by atoms with van der Waals surface area (Å²) >= 11 is 6.07. The highest BCUT2D eigenvalue weighted by Crippen LogP contribution is 2.35. The number of aliphatic hydroxyl groups is 2. The Kier molecular flexibility index (Phi) is 7.52. The van der Waals surface area contributed by atoms with Gasteiger partial charge in [0.1, 0.15) is 0 Å². The fourth-order valence-corrected chi connectivity index (χ4v) is 4.81. The molecule has 1 aliphatic rings. The van der Waals surface area contributed by atoms with Gasteiger partial charge in [-0.1, -0.05) is 35.9 Å². The van der Waals surface area contributed by atoms with E-state index < -0.39 is 17.8 Å². The molecule has 0 radical (unpaired) electrons. The van der Waals surface area contributed by atoms with Crippen LogP contribution >= 0.6 is 11.6 Å². The van der Waals surface area contributed by atoms with E-state index in [1.807, 2.05) is 18.2 Å². The highest BCUT2D eigenvalue weighted by atomic mass is 35.5. The van der Waals surface area contributed by atoms with Crippen LogP contribution in [0.4, 0.5) is 13.2 Å². The minimum absolute atomic E-state index is 0.0851. The number of nitrogens with zero attached hydrogens (tertiary/aromatic N) is 2.